The van der Waals surface area contributed by atoms with E-state index in [1.54, 1.807) is 20.1 Å². The molecule has 19 heavy (non-hydrogen) atoms. The fourth-order valence-corrected chi connectivity index (χ4v) is 1.22. The van der Waals surface area contributed by atoms with Gasteiger partial charge in [0.25, 0.3) is 0 Å². The number of hydrogen-bond donors (Lipinski definition) is 1. The van der Waals surface area contributed by atoms with Crippen molar-refractivity contribution in [2.24, 2.45) is 0 Å². The maximum atomic E-state index is 11.4. The number of ether oxygens (including phenoxy) is 3. The molecule has 0 amide bonds. The number of rotatable bonds is 6. The van der Waals surface area contributed by atoms with Gasteiger partial charge in [0.2, 0.25) is 0 Å². The third-order valence-corrected chi connectivity index (χ3v) is 2.02. The monoisotopic (exact) mass is 270 g/mol. The number of carbonyl (C=O) groups is 1. The molecule has 0 atom stereocenters. The predicted octanol–water partition coefficient (Wildman–Crippen LogP) is 2.62. The normalized spacial score (nSPS) is 9.26. The van der Waals surface area contributed by atoms with Crippen LogP contribution < -0.4 is 4.74 Å². The fourth-order valence-electron chi connectivity index (χ4n) is 1.22. The Hall–Kier alpha value is -1.75. The molecular formula is C14H22O5. The fraction of sp³-hybridized carbons (Fsp3) is 0.500. The Morgan fingerprint density at radius 3 is 2.47 bits per heavy atom. The highest BCUT2D eigenvalue weighted by Crippen LogP contribution is 2.26. The molecule has 0 aliphatic heterocycles. The molecule has 0 unspecified atom stereocenters. The van der Waals surface area contributed by atoms with Gasteiger partial charge in [0, 0.05) is 7.11 Å². The van der Waals surface area contributed by atoms with Crippen LogP contribution in [0.25, 0.3) is 0 Å². The number of phenolic OH excluding ortho intramolecular Hbond substituents is 1. The summed E-state index contributed by atoms with van der Waals surface area (Å²) in [7, 11) is 1.56. The van der Waals surface area contributed by atoms with E-state index in [-0.39, 0.29) is 5.75 Å². The molecule has 1 aromatic rings. The van der Waals surface area contributed by atoms with Gasteiger partial charge in [-0.1, -0.05) is 13.8 Å². The number of methoxy groups -OCH3 is 1. The average Bonchev–Trinajstić information content (AvgIpc) is 2.43. The van der Waals surface area contributed by atoms with Crippen molar-refractivity contribution < 1.29 is 24.1 Å². The SMILES string of the molecule is CC.CCOC(=O)c1ccc(OCCOC)c(O)c1. The quantitative estimate of drug-likeness (QED) is 0.636. The van der Waals surface area contributed by atoms with Crippen LogP contribution in [0, 0.1) is 0 Å². The molecule has 0 saturated heterocycles. The van der Waals surface area contributed by atoms with Crippen LogP contribution in [0.15, 0.2) is 18.2 Å². The zero-order valence-corrected chi connectivity index (χ0v) is 11.9. The third-order valence-electron chi connectivity index (χ3n) is 2.02. The highest BCUT2D eigenvalue weighted by molar-refractivity contribution is 5.90. The van der Waals surface area contributed by atoms with E-state index in [9.17, 15) is 9.90 Å². The topological polar surface area (TPSA) is 65.0 Å². The molecule has 5 heteroatoms. The third kappa shape index (κ3) is 6.10. The van der Waals surface area contributed by atoms with Crippen LogP contribution in [0.4, 0.5) is 0 Å². The van der Waals surface area contributed by atoms with E-state index in [1.165, 1.54) is 12.1 Å². The summed E-state index contributed by atoms with van der Waals surface area (Å²) < 4.78 is 14.9. The second-order valence-corrected chi connectivity index (χ2v) is 3.24. The van der Waals surface area contributed by atoms with E-state index >= 15 is 0 Å². The molecule has 0 saturated carbocycles. The molecule has 5 nitrogen and oxygen atoms in total. The molecule has 108 valence electrons. The van der Waals surface area contributed by atoms with Gasteiger partial charge in [-0.15, -0.1) is 0 Å². The second-order valence-electron chi connectivity index (χ2n) is 3.24. The molecule has 0 aliphatic rings. The minimum Gasteiger partial charge on any atom is -0.504 e. The maximum Gasteiger partial charge on any atom is 0.338 e. The van der Waals surface area contributed by atoms with Gasteiger partial charge in [0.15, 0.2) is 11.5 Å². The Morgan fingerprint density at radius 1 is 1.26 bits per heavy atom. The Balaban J connectivity index is 0.00000154. The van der Waals surface area contributed by atoms with Crippen molar-refractivity contribution in [3.8, 4) is 11.5 Å². The summed E-state index contributed by atoms with van der Waals surface area (Å²) in [6.45, 7) is 6.79. The van der Waals surface area contributed by atoms with Gasteiger partial charge in [-0.05, 0) is 25.1 Å². The summed E-state index contributed by atoms with van der Waals surface area (Å²) in [5, 5.41) is 9.63. The van der Waals surface area contributed by atoms with Crippen LogP contribution in [0.5, 0.6) is 11.5 Å². The zero-order chi connectivity index (χ0) is 14.7. The van der Waals surface area contributed by atoms with E-state index in [0.29, 0.717) is 31.1 Å². The second kappa shape index (κ2) is 10.2. The standard InChI is InChI=1S/C12H16O5.C2H6/c1-3-16-12(14)9-4-5-11(10(13)8-9)17-7-6-15-2;1-2/h4-5,8,13H,3,6-7H2,1-2H3;1-2H3. The van der Waals surface area contributed by atoms with Crippen molar-refractivity contribution in [2.45, 2.75) is 20.8 Å². The lowest BCUT2D eigenvalue weighted by Crippen LogP contribution is -2.06. The first-order chi connectivity index (χ1) is 9.19. The predicted molar refractivity (Wildman–Crippen MR) is 72.8 cm³/mol. The van der Waals surface area contributed by atoms with Crippen LogP contribution >= 0.6 is 0 Å². The first-order valence-corrected chi connectivity index (χ1v) is 6.31. The minimum atomic E-state index is -0.466. The van der Waals surface area contributed by atoms with Crippen LogP contribution in [-0.2, 0) is 9.47 Å². The Labute approximate surface area is 114 Å². The Kier molecular flexibility index (Phi) is 9.26. The van der Waals surface area contributed by atoms with E-state index < -0.39 is 5.97 Å². The van der Waals surface area contributed by atoms with Gasteiger partial charge >= 0.3 is 5.97 Å². The van der Waals surface area contributed by atoms with Gasteiger partial charge in [-0.25, -0.2) is 4.79 Å². The summed E-state index contributed by atoms with van der Waals surface area (Å²) in [4.78, 5) is 11.4. The van der Waals surface area contributed by atoms with Gasteiger partial charge in [-0.3, -0.25) is 0 Å². The molecule has 0 fully saturated rings. The summed E-state index contributed by atoms with van der Waals surface area (Å²) in [5.74, 6) is -0.243. The van der Waals surface area contributed by atoms with Crippen LogP contribution in [0.1, 0.15) is 31.1 Å². The molecule has 0 aliphatic carbocycles. The molecule has 1 aromatic carbocycles. The van der Waals surface area contributed by atoms with Crippen molar-refractivity contribution >= 4 is 5.97 Å². The largest absolute Gasteiger partial charge is 0.504 e. The van der Waals surface area contributed by atoms with Crippen molar-refractivity contribution in [3.63, 3.8) is 0 Å². The molecular weight excluding hydrogens is 248 g/mol. The molecule has 0 spiro atoms. The van der Waals surface area contributed by atoms with Crippen molar-refractivity contribution in [2.75, 3.05) is 26.9 Å². The van der Waals surface area contributed by atoms with Crippen molar-refractivity contribution in [1.29, 1.82) is 0 Å². The molecule has 0 aromatic heterocycles. The summed E-state index contributed by atoms with van der Waals surface area (Å²) in [6.07, 6.45) is 0. The van der Waals surface area contributed by atoms with Crippen LogP contribution in [0.2, 0.25) is 0 Å². The number of hydrogen-bond acceptors (Lipinski definition) is 5. The summed E-state index contributed by atoms with van der Waals surface area (Å²) >= 11 is 0. The molecule has 0 heterocycles. The number of aromatic hydroxyl groups is 1. The summed E-state index contributed by atoms with van der Waals surface area (Å²) in [6, 6.07) is 4.39. The number of carbonyl (C=O) groups excluding carboxylic acids is 1. The van der Waals surface area contributed by atoms with Gasteiger partial charge in [0.05, 0.1) is 18.8 Å². The highest BCUT2D eigenvalue weighted by Gasteiger charge is 2.10. The molecule has 1 rings (SSSR count). The minimum absolute atomic E-state index is 0.0911. The lowest BCUT2D eigenvalue weighted by atomic mass is 10.2. The number of phenols is 1. The smallest absolute Gasteiger partial charge is 0.338 e. The Morgan fingerprint density at radius 2 is 1.95 bits per heavy atom. The number of benzene rings is 1. The molecule has 0 bridgehead atoms. The first-order valence-electron chi connectivity index (χ1n) is 6.31. The molecule has 1 N–H and O–H groups in total. The lowest BCUT2D eigenvalue weighted by Gasteiger charge is -2.08. The lowest BCUT2D eigenvalue weighted by molar-refractivity contribution is 0.0525. The van der Waals surface area contributed by atoms with E-state index in [2.05, 4.69) is 0 Å². The zero-order valence-electron chi connectivity index (χ0n) is 11.9. The van der Waals surface area contributed by atoms with Crippen molar-refractivity contribution in [1.82, 2.24) is 0 Å². The Bertz CT molecular complexity index is 376. The maximum absolute atomic E-state index is 11.4. The van der Waals surface area contributed by atoms with Gasteiger partial charge < -0.3 is 19.3 Å². The van der Waals surface area contributed by atoms with Gasteiger partial charge in [0.1, 0.15) is 6.61 Å². The summed E-state index contributed by atoms with van der Waals surface area (Å²) in [5.41, 5.74) is 0.295. The van der Waals surface area contributed by atoms with E-state index in [0.717, 1.165) is 0 Å². The first kappa shape index (κ1) is 17.2. The van der Waals surface area contributed by atoms with E-state index in [1.807, 2.05) is 13.8 Å². The molecule has 0 radical (unpaired) electrons. The van der Waals surface area contributed by atoms with Crippen LogP contribution in [-0.4, -0.2) is 38.0 Å². The van der Waals surface area contributed by atoms with Crippen molar-refractivity contribution in [3.05, 3.63) is 23.8 Å². The van der Waals surface area contributed by atoms with Gasteiger partial charge in [-0.2, -0.15) is 0 Å². The average molecular weight is 270 g/mol. The highest BCUT2D eigenvalue weighted by atomic mass is 16.5. The number of esters is 1. The van der Waals surface area contributed by atoms with Crippen LogP contribution in [0.3, 0.4) is 0 Å². The van der Waals surface area contributed by atoms with E-state index in [4.69, 9.17) is 14.2 Å².